The predicted octanol–water partition coefficient (Wildman–Crippen LogP) is 4.70. The Balaban J connectivity index is 1.59. The van der Waals surface area contributed by atoms with E-state index in [2.05, 4.69) is 11.9 Å². The number of benzene rings is 2. The predicted molar refractivity (Wildman–Crippen MR) is 93.3 cm³/mol. The third-order valence-electron chi connectivity index (χ3n) is 5.73. The number of fused-ring (bicyclic) bond motifs is 2. The highest BCUT2D eigenvalue weighted by molar-refractivity contribution is 5.30. The zero-order chi connectivity index (χ0) is 17.4. The molecule has 0 radical (unpaired) electrons. The molecule has 0 spiro atoms. The van der Waals surface area contributed by atoms with Gasteiger partial charge in [0.05, 0.1) is 6.10 Å². The lowest BCUT2D eigenvalue weighted by molar-refractivity contribution is -0.0426. The van der Waals surface area contributed by atoms with E-state index in [9.17, 15) is 8.78 Å². The van der Waals surface area contributed by atoms with E-state index >= 15 is 0 Å². The van der Waals surface area contributed by atoms with Crippen LogP contribution in [0.4, 0.5) is 8.78 Å². The molecule has 0 saturated carbocycles. The molecule has 2 atom stereocenters. The van der Waals surface area contributed by atoms with Crippen molar-refractivity contribution in [1.29, 1.82) is 0 Å². The Morgan fingerprint density at radius 3 is 1.72 bits per heavy atom. The molecule has 0 N–H and O–H groups in total. The van der Waals surface area contributed by atoms with Crippen molar-refractivity contribution >= 4 is 0 Å². The lowest BCUT2D eigenvalue weighted by Gasteiger charge is -2.38. The van der Waals surface area contributed by atoms with E-state index in [4.69, 9.17) is 4.74 Å². The monoisotopic (exact) mass is 343 g/mol. The number of hydrogen-bond acceptors (Lipinski definition) is 2. The van der Waals surface area contributed by atoms with E-state index in [0.29, 0.717) is 12.1 Å². The molecule has 2 bridgehead atoms. The van der Waals surface area contributed by atoms with Crippen LogP contribution in [0, 0.1) is 11.6 Å². The van der Waals surface area contributed by atoms with Gasteiger partial charge >= 0.3 is 0 Å². The summed E-state index contributed by atoms with van der Waals surface area (Å²) in [4.78, 5) is 2.48. The van der Waals surface area contributed by atoms with Gasteiger partial charge in [-0.15, -0.1) is 0 Å². The molecule has 2 heterocycles. The Morgan fingerprint density at radius 2 is 1.28 bits per heavy atom. The molecule has 2 aromatic carbocycles. The van der Waals surface area contributed by atoms with Gasteiger partial charge in [0.15, 0.2) is 0 Å². The zero-order valence-electron chi connectivity index (χ0n) is 14.4. The summed E-state index contributed by atoms with van der Waals surface area (Å²) in [5.41, 5.74) is 1.80. The van der Waals surface area contributed by atoms with E-state index in [1.165, 1.54) is 37.1 Å². The highest BCUT2D eigenvalue weighted by Crippen LogP contribution is 2.38. The second-order valence-corrected chi connectivity index (χ2v) is 7.26. The summed E-state index contributed by atoms with van der Waals surface area (Å²) in [6, 6.07) is 14.0. The van der Waals surface area contributed by atoms with Crippen LogP contribution in [-0.2, 0) is 4.74 Å². The standard InChI is InChI=1S/C21H23F2NO/c1-24-18-10-11-19(24)13-20(12-18)25-21(14-2-6-16(22)7-3-14)15-4-8-17(23)9-5-15/h2-9,18-21H,10-13H2,1H3/t18-,19-/m0/s1. The van der Waals surface area contributed by atoms with Gasteiger partial charge in [-0.1, -0.05) is 24.3 Å². The Bertz CT molecular complexity index is 656. The highest BCUT2D eigenvalue weighted by Gasteiger charge is 2.39. The molecule has 2 aromatic rings. The molecule has 2 aliphatic rings. The first-order chi connectivity index (χ1) is 12.1. The van der Waals surface area contributed by atoms with Crippen LogP contribution in [0.2, 0.25) is 0 Å². The Morgan fingerprint density at radius 1 is 0.840 bits per heavy atom. The molecule has 0 unspecified atom stereocenters. The van der Waals surface area contributed by atoms with Gasteiger partial charge in [0.25, 0.3) is 0 Å². The van der Waals surface area contributed by atoms with Crippen molar-refractivity contribution in [2.24, 2.45) is 0 Å². The number of ether oxygens (including phenoxy) is 1. The van der Waals surface area contributed by atoms with Crippen LogP contribution in [-0.4, -0.2) is 30.1 Å². The van der Waals surface area contributed by atoms with Crippen LogP contribution in [0.25, 0.3) is 0 Å². The second kappa shape index (κ2) is 6.85. The van der Waals surface area contributed by atoms with Gasteiger partial charge in [0, 0.05) is 12.1 Å². The number of halogens is 2. The average Bonchev–Trinajstić information content (AvgIpc) is 2.83. The van der Waals surface area contributed by atoms with Crippen molar-refractivity contribution in [3.63, 3.8) is 0 Å². The van der Waals surface area contributed by atoms with Gasteiger partial charge in [0.2, 0.25) is 0 Å². The van der Waals surface area contributed by atoms with Crippen LogP contribution in [0.1, 0.15) is 42.9 Å². The van der Waals surface area contributed by atoms with Crippen LogP contribution in [0.5, 0.6) is 0 Å². The molecule has 2 fully saturated rings. The summed E-state index contributed by atoms with van der Waals surface area (Å²) in [5.74, 6) is -0.530. The summed E-state index contributed by atoms with van der Waals surface area (Å²) in [6.45, 7) is 0. The average molecular weight is 343 g/mol. The van der Waals surface area contributed by atoms with Gasteiger partial charge < -0.3 is 9.64 Å². The van der Waals surface area contributed by atoms with Crippen LogP contribution in [0.3, 0.4) is 0 Å². The lowest BCUT2D eigenvalue weighted by Crippen LogP contribution is -2.43. The molecule has 0 aromatic heterocycles. The topological polar surface area (TPSA) is 12.5 Å². The van der Waals surface area contributed by atoms with Gasteiger partial charge in [0.1, 0.15) is 17.7 Å². The second-order valence-electron chi connectivity index (χ2n) is 7.26. The molecule has 0 amide bonds. The largest absolute Gasteiger partial charge is 0.365 e. The number of nitrogens with zero attached hydrogens (tertiary/aromatic N) is 1. The molecular weight excluding hydrogens is 320 g/mol. The third kappa shape index (κ3) is 3.46. The molecular formula is C21H23F2NO. The van der Waals surface area contributed by atoms with Crippen molar-refractivity contribution in [1.82, 2.24) is 4.90 Å². The molecule has 2 saturated heterocycles. The molecule has 2 nitrogen and oxygen atoms in total. The summed E-state index contributed by atoms with van der Waals surface area (Å²) in [7, 11) is 2.20. The minimum atomic E-state index is -0.297. The molecule has 4 heteroatoms. The quantitative estimate of drug-likeness (QED) is 0.798. The fraction of sp³-hybridized carbons (Fsp3) is 0.429. The minimum Gasteiger partial charge on any atom is -0.365 e. The van der Waals surface area contributed by atoms with E-state index in [1.807, 2.05) is 0 Å². The maximum absolute atomic E-state index is 13.3. The SMILES string of the molecule is CN1[C@H]2CC[C@H]1CC(OC(c1ccc(F)cc1)c1ccc(F)cc1)C2. The molecule has 2 aliphatic heterocycles. The summed E-state index contributed by atoms with van der Waals surface area (Å²) in [5, 5.41) is 0. The number of rotatable bonds is 4. The van der Waals surface area contributed by atoms with Crippen molar-refractivity contribution in [2.45, 2.75) is 50.0 Å². The van der Waals surface area contributed by atoms with Crippen LogP contribution in [0.15, 0.2) is 48.5 Å². The van der Waals surface area contributed by atoms with E-state index < -0.39 is 0 Å². The van der Waals surface area contributed by atoms with Crippen molar-refractivity contribution in [2.75, 3.05) is 7.05 Å². The first kappa shape index (κ1) is 16.7. The lowest BCUT2D eigenvalue weighted by atomic mass is 9.97. The van der Waals surface area contributed by atoms with Gasteiger partial charge in [-0.3, -0.25) is 0 Å². The van der Waals surface area contributed by atoms with Crippen LogP contribution < -0.4 is 0 Å². The van der Waals surface area contributed by atoms with Crippen molar-refractivity contribution < 1.29 is 13.5 Å². The zero-order valence-corrected chi connectivity index (χ0v) is 14.4. The van der Waals surface area contributed by atoms with Gasteiger partial charge in [-0.25, -0.2) is 8.78 Å². The molecule has 4 rings (SSSR count). The Labute approximate surface area is 147 Å². The minimum absolute atomic E-state index is 0.175. The smallest absolute Gasteiger partial charge is 0.123 e. The summed E-state index contributed by atoms with van der Waals surface area (Å²) in [6.07, 6.45) is 4.39. The third-order valence-corrected chi connectivity index (χ3v) is 5.73. The van der Waals surface area contributed by atoms with Gasteiger partial charge in [-0.05, 0) is 68.1 Å². The Hall–Kier alpha value is -1.78. The highest BCUT2D eigenvalue weighted by atomic mass is 19.1. The first-order valence-electron chi connectivity index (χ1n) is 8.98. The van der Waals surface area contributed by atoms with Crippen molar-refractivity contribution in [3.05, 3.63) is 71.3 Å². The first-order valence-corrected chi connectivity index (χ1v) is 8.98. The van der Waals surface area contributed by atoms with Gasteiger partial charge in [-0.2, -0.15) is 0 Å². The maximum Gasteiger partial charge on any atom is 0.123 e. The molecule has 0 aliphatic carbocycles. The maximum atomic E-state index is 13.3. The number of hydrogen-bond donors (Lipinski definition) is 0. The Kier molecular flexibility index (Phi) is 4.57. The summed E-state index contributed by atoms with van der Waals surface area (Å²) >= 11 is 0. The van der Waals surface area contributed by atoms with Crippen molar-refractivity contribution in [3.8, 4) is 0 Å². The molecule has 132 valence electrons. The number of piperidine rings is 1. The fourth-order valence-corrected chi connectivity index (χ4v) is 4.29. The normalized spacial score (nSPS) is 26.3. The van der Waals surface area contributed by atoms with E-state index in [1.54, 1.807) is 24.3 Å². The van der Waals surface area contributed by atoms with E-state index in [-0.39, 0.29) is 23.8 Å². The van der Waals surface area contributed by atoms with E-state index in [0.717, 1.165) is 24.0 Å². The fourth-order valence-electron chi connectivity index (χ4n) is 4.29. The molecule has 25 heavy (non-hydrogen) atoms. The van der Waals surface area contributed by atoms with Crippen LogP contribution >= 0.6 is 0 Å². The summed E-state index contributed by atoms with van der Waals surface area (Å²) < 4.78 is 33.1.